The van der Waals surface area contributed by atoms with E-state index in [0.29, 0.717) is 69.8 Å². The van der Waals surface area contributed by atoms with E-state index < -0.39 is 17.6 Å². The number of piperidine rings is 1. The van der Waals surface area contributed by atoms with E-state index >= 15 is 4.39 Å². The molecule has 0 aliphatic carbocycles. The maximum absolute atomic E-state index is 15.1. The lowest BCUT2D eigenvalue weighted by Gasteiger charge is -2.23. The quantitative estimate of drug-likeness (QED) is 0.288. The van der Waals surface area contributed by atoms with E-state index in [1.54, 1.807) is 31.4 Å². The van der Waals surface area contributed by atoms with Gasteiger partial charge in [-0.2, -0.15) is 0 Å². The number of benzene rings is 3. The number of nitrogens with zero attached hydrogens (tertiary/aromatic N) is 1. The molecular formula is C32H33Cl2FN4O5. The number of carbonyl (C=O) groups excluding carboxylic acids is 2. The molecule has 2 aliphatic rings. The number of halogens is 3. The largest absolute Gasteiger partial charge is 0.493 e. The topological polar surface area (TPSA) is 110 Å². The first kappa shape index (κ1) is 31.6. The Morgan fingerprint density at radius 3 is 2.59 bits per heavy atom. The summed E-state index contributed by atoms with van der Waals surface area (Å²) in [6.07, 6.45) is 2.99. The molecule has 3 aromatic rings. The molecule has 1 fully saturated rings. The summed E-state index contributed by atoms with van der Waals surface area (Å²) in [7, 11) is 1.57. The van der Waals surface area contributed by atoms with Crippen LogP contribution in [0.25, 0.3) is 5.76 Å². The molecule has 0 spiro atoms. The van der Waals surface area contributed by atoms with Gasteiger partial charge in [0.1, 0.15) is 5.76 Å². The van der Waals surface area contributed by atoms with Gasteiger partial charge in [0.2, 0.25) is 0 Å². The van der Waals surface area contributed by atoms with Crippen molar-refractivity contribution >= 4 is 46.5 Å². The van der Waals surface area contributed by atoms with Crippen molar-refractivity contribution in [3.8, 4) is 17.2 Å². The van der Waals surface area contributed by atoms with Crippen molar-refractivity contribution in [1.82, 2.24) is 10.6 Å². The molecule has 12 heteroatoms. The number of carbonyl (C=O) groups is 2. The Kier molecular flexibility index (Phi) is 10.6. The van der Waals surface area contributed by atoms with E-state index in [0.717, 1.165) is 37.6 Å². The molecule has 0 bridgehead atoms. The van der Waals surface area contributed by atoms with Crippen molar-refractivity contribution in [3.05, 3.63) is 80.5 Å². The van der Waals surface area contributed by atoms with Crippen LogP contribution >= 0.6 is 23.2 Å². The first-order valence-electron chi connectivity index (χ1n) is 14.4. The van der Waals surface area contributed by atoms with E-state index in [4.69, 9.17) is 37.4 Å². The number of nitrogens with one attached hydrogen (secondary N) is 3. The fraction of sp³-hybridized carbons (Fsp3) is 0.344. The smallest absolute Gasteiger partial charge is 0.313 e. The summed E-state index contributed by atoms with van der Waals surface area (Å²) in [5, 5.41) is 10.6. The maximum Gasteiger partial charge on any atom is 0.313 e. The van der Waals surface area contributed by atoms with Crippen molar-refractivity contribution in [1.29, 1.82) is 0 Å². The van der Waals surface area contributed by atoms with Crippen LogP contribution in [0, 0.1) is 11.7 Å². The molecule has 3 aromatic carbocycles. The standard InChI is InChI=1S/C32H33Cl2FN4O5/c1-42-29-16-23-26(17-30(29)43-18-19-6-10-36-11-7-19)37-13-9-27(23)44-28-5-4-22(15-25(28)35)39-32(41)31(40)38-12-8-20-2-3-21(33)14-24(20)34/h2-5,14-17,19,36H,6-13,18H2,1H3,(H,38,40)(H,39,41). The number of rotatable bonds is 10. The molecule has 2 heterocycles. The van der Waals surface area contributed by atoms with E-state index in [1.165, 1.54) is 12.1 Å². The molecule has 0 atom stereocenters. The summed E-state index contributed by atoms with van der Waals surface area (Å²) in [6, 6.07) is 12.7. The lowest BCUT2D eigenvalue weighted by molar-refractivity contribution is -0.136. The zero-order chi connectivity index (χ0) is 31.1. The predicted molar refractivity (Wildman–Crippen MR) is 167 cm³/mol. The Balaban J connectivity index is 1.22. The second-order valence-corrected chi connectivity index (χ2v) is 11.4. The van der Waals surface area contributed by atoms with Gasteiger partial charge in [-0.3, -0.25) is 14.6 Å². The van der Waals surface area contributed by atoms with Gasteiger partial charge in [-0.25, -0.2) is 4.39 Å². The van der Waals surface area contributed by atoms with Gasteiger partial charge < -0.3 is 30.2 Å². The van der Waals surface area contributed by atoms with Gasteiger partial charge in [-0.05, 0) is 74.2 Å². The average molecular weight is 644 g/mol. The summed E-state index contributed by atoms with van der Waals surface area (Å²) in [4.78, 5) is 29.3. The molecule has 0 saturated carbocycles. The van der Waals surface area contributed by atoms with Crippen LogP contribution in [-0.2, 0) is 16.0 Å². The Morgan fingerprint density at radius 1 is 1.02 bits per heavy atom. The Hall–Kier alpha value is -3.86. The molecule has 1 saturated heterocycles. The number of hydrogen-bond acceptors (Lipinski definition) is 7. The van der Waals surface area contributed by atoms with E-state index in [-0.39, 0.29) is 18.0 Å². The third-order valence-electron chi connectivity index (χ3n) is 7.46. The fourth-order valence-electron chi connectivity index (χ4n) is 5.05. The number of ether oxygens (including phenoxy) is 3. The number of fused-ring (bicyclic) bond motifs is 1. The highest BCUT2D eigenvalue weighted by molar-refractivity contribution is 6.39. The summed E-state index contributed by atoms with van der Waals surface area (Å²) >= 11 is 12.0. The zero-order valence-corrected chi connectivity index (χ0v) is 25.7. The van der Waals surface area contributed by atoms with E-state index in [1.807, 2.05) is 6.07 Å². The molecule has 2 amide bonds. The predicted octanol–water partition coefficient (Wildman–Crippen LogP) is 4.03. The van der Waals surface area contributed by atoms with Gasteiger partial charge in [-0.1, -0.05) is 29.3 Å². The average Bonchev–Trinajstić information content (AvgIpc) is 3.02. The molecule has 0 unspecified atom stereocenters. The third-order valence-corrected chi connectivity index (χ3v) is 8.05. The summed E-state index contributed by atoms with van der Waals surface area (Å²) in [6.45, 7) is 3.22. The van der Waals surface area contributed by atoms with Crippen molar-refractivity contribution in [2.75, 3.05) is 45.2 Å². The lowest BCUT2D eigenvalue weighted by Crippen LogP contribution is -2.36. The number of methoxy groups -OCH3 is 1. The fourth-order valence-corrected chi connectivity index (χ4v) is 5.55. The highest BCUT2D eigenvalue weighted by atomic mass is 35.5. The molecule has 0 aromatic heterocycles. The second-order valence-electron chi connectivity index (χ2n) is 10.5. The minimum absolute atomic E-state index is 0.0275. The SMILES string of the molecule is COc1cc2c(cc1OCC1CCNCC1)=NCCC=2Oc1ccc(NC(=O)C(=O)NCCc2ccc(Cl)cc2Cl)cc1F. The van der Waals surface area contributed by atoms with Crippen LogP contribution in [0.5, 0.6) is 17.2 Å². The summed E-state index contributed by atoms with van der Waals surface area (Å²) in [5.74, 6) is -0.350. The molecule has 0 radical (unpaired) electrons. The van der Waals surface area contributed by atoms with Crippen LogP contribution < -0.4 is 40.7 Å². The van der Waals surface area contributed by atoms with Crippen LogP contribution in [-0.4, -0.2) is 51.7 Å². The number of hydrogen-bond donors (Lipinski definition) is 3. The highest BCUT2D eigenvalue weighted by Gasteiger charge is 2.19. The van der Waals surface area contributed by atoms with E-state index in [9.17, 15) is 9.59 Å². The Morgan fingerprint density at radius 2 is 1.84 bits per heavy atom. The Bertz CT molecular complexity index is 1660. The van der Waals surface area contributed by atoms with Crippen LogP contribution in [0.2, 0.25) is 10.0 Å². The monoisotopic (exact) mass is 642 g/mol. The second kappa shape index (κ2) is 14.7. The molecule has 3 N–H and O–H groups in total. The highest BCUT2D eigenvalue weighted by Crippen LogP contribution is 2.28. The molecule has 44 heavy (non-hydrogen) atoms. The van der Waals surface area contributed by atoms with Crippen molar-refractivity contribution < 1.29 is 28.2 Å². The normalized spacial score (nSPS) is 14.7. The van der Waals surface area contributed by atoms with Crippen LogP contribution in [0.4, 0.5) is 10.1 Å². The van der Waals surface area contributed by atoms with E-state index in [2.05, 4.69) is 20.9 Å². The molecule has 2 aliphatic heterocycles. The van der Waals surface area contributed by atoms with Gasteiger partial charge in [0, 0.05) is 52.6 Å². The Labute approximate surface area is 264 Å². The molecule has 232 valence electrons. The van der Waals surface area contributed by atoms with Crippen LogP contribution in [0.15, 0.2) is 53.5 Å². The van der Waals surface area contributed by atoms with Gasteiger partial charge >= 0.3 is 11.8 Å². The van der Waals surface area contributed by atoms with Gasteiger partial charge in [-0.15, -0.1) is 0 Å². The van der Waals surface area contributed by atoms with Crippen molar-refractivity contribution in [3.63, 3.8) is 0 Å². The van der Waals surface area contributed by atoms with Crippen LogP contribution in [0.1, 0.15) is 24.8 Å². The van der Waals surface area contributed by atoms with Gasteiger partial charge in [0.15, 0.2) is 23.1 Å². The van der Waals surface area contributed by atoms with Gasteiger partial charge in [0.25, 0.3) is 0 Å². The number of amides is 2. The third kappa shape index (κ3) is 7.99. The first-order valence-corrected chi connectivity index (χ1v) is 15.2. The zero-order valence-electron chi connectivity index (χ0n) is 24.2. The first-order chi connectivity index (χ1) is 21.3. The van der Waals surface area contributed by atoms with Crippen molar-refractivity contribution in [2.24, 2.45) is 10.9 Å². The molecule has 5 rings (SSSR count). The van der Waals surface area contributed by atoms with Crippen molar-refractivity contribution in [2.45, 2.75) is 25.7 Å². The summed E-state index contributed by atoms with van der Waals surface area (Å²) in [5.41, 5.74) is 0.887. The summed E-state index contributed by atoms with van der Waals surface area (Å²) < 4.78 is 32.8. The number of anilines is 1. The van der Waals surface area contributed by atoms with Crippen LogP contribution in [0.3, 0.4) is 0 Å². The van der Waals surface area contributed by atoms with Gasteiger partial charge in [0.05, 0.1) is 19.1 Å². The lowest BCUT2D eigenvalue weighted by atomic mass is 9.99. The molecule has 9 nitrogen and oxygen atoms in total. The minimum atomic E-state index is -0.928. The molecular weight excluding hydrogens is 610 g/mol. The minimum Gasteiger partial charge on any atom is -0.493 e. The maximum atomic E-state index is 15.1.